The van der Waals surface area contributed by atoms with Gasteiger partial charge in [0.25, 0.3) is 0 Å². The van der Waals surface area contributed by atoms with Crippen LogP contribution in [0.2, 0.25) is 5.15 Å². The molecule has 0 spiro atoms. The summed E-state index contributed by atoms with van der Waals surface area (Å²) in [5.41, 5.74) is 0.560. The van der Waals surface area contributed by atoms with Gasteiger partial charge >= 0.3 is 12.2 Å². The third-order valence-electron chi connectivity index (χ3n) is 5.01. The molecule has 0 aliphatic rings. The predicted octanol–water partition coefficient (Wildman–Crippen LogP) is 6.74. The van der Waals surface area contributed by atoms with Crippen LogP contribution in [0.4, 0.5) is 29.3 Å². The molecule has 4 rings (SSSR count). The van der Waals surface area contributed by atoms with Crippen LogP contribution in [-0.4, -0.2) is 20.6 Å². The molecular weight excluding hydrogens is 483 g/mol. The number of halogens is 4. The molecule has 0 saturated heterocycles. The maximum atomic E-state index is 13.7. The Balaban J connectivity index is 1.42. The molecule has 2 amide bonds. The van der Waals surface area contributed by atoms with Gasteiger partial charge in [0.05, 0.1) is 5.56 Å². The number of hydrogen-bond donors (Lipinski definition) is 2. The smallest absolute Gasteiger partial charge is 0.416 e. The summed E-state index contributed by atoms with van der Waals surface area (Å²) < 4.78 is 48.3. The highest BCUT2D eigenvalue weighted by Gasteiger charge is 2.33. The van der Waals surface area contributed by atoms with Crippen molar-refractivity contribution in [3.8, 4) is 11.6 Å². The standard InChI is InChI=1S/C24H19ClF3N5O2/c1-15-3-2-10-33(15)13-16-4-5-18(11-20(16)24(26,27)28)32-23(34)31-17-6-8-19(9-7-17)35-22-12-21(25)29-14-30-22/h2-12,14H,13H2,1H3,(H2,31,32,34). The van der Waals surface area contributed by atoms with Crippen molar-refractivity contribution in [1.82, 2.24) is 14.5 Å². The van der Waals surface area contributed by atoms with E-state index in [1.54, 1.807) is 41.1 Å². The molecule has 0 radical (unpaired) electrons. The van der Waals surface area contributed by atoms with Crippen LogP contribution >= 0.6 is 11.6 Å². The Kier molecular flexibility index (Phi) is 6.92. The molecule has 0 unspecified atom stereocenters. The summed E-state index contributed by atoms with van der Waals surface area (Å²) in [6, 6.07) is 14.4. The fourth-order valence-corrected chi connectivity index (χ4v) is 3.45. The van der Waals surface area contributed by atoms with Gasteiger partial charge in [0, 0.05) is 35.9 Å². The number of anilines is 2. The first-order valence-electron chi connectivity index (χ1n) is 10.3. The molecule has 0 fully saturated rings. The van der Waals surface area contributed by atoms with E-state index in [1.165, 1.54) is 24.5 Å². The Bertz CT molecular complexity index is 1340. The van der Waals surface area contributed by atoms with Gasteiger partial charge in [-0.25, -0.2) is 14.8 Å². The Morgan fingerprint density at radius 3 is 2.40 bits per heavy atom. The van der Waals surface area contributed by atoms with Crippen LogP contribution in [0.5, 0.6) is 11.6 Å². The third kappa shape index (κ3) is 6.30. The molecule has 0 atom stereocenters. The number of urea groups is 1. The second kappa shape index (κ2) is 10.1. The Labute approximate surface area is 203 Å². The molecule has 2 aromatic heterocycles. The Morgan fingerprint density at radius 1 is 1.03 bits per heavy atom. The first-order chi connectivity index (χ1) is 16.7. The minimum absolute atomic E-state index is 0.0170. The third-order valence-corrected chi connectivity index (χ3v) is 5.22. The number of hydrogen-bond acceptors (Lipinski definition) is 4. The minimum atomic E-state index is -4.58. The lowest BCUT2D eigenvalue weighted by atomic mass is 10.1. The van der Waals surface area contributed by atoms with Crippen LogP contribution in [0.1, 0.15) is 16.8 Å². The summed E-state index contributed by atoms with van der Waals surface area (Å²) in [6.45, 7) is 1.88. The summed E-state index contributed by atoms with van der Waals surface area (Å²) in [4.78, 5) is 20.1. The largest absolute Gasteiger partial charge is 0.439 e. The number of rotatable bonds is 6. The van der Waals surface area contributed by atoms with Crippen molar-refractivity contribution in [2.45, 2.75) is 19.6 Å². The summed E-state index contributed by atoms with van der Waals surface area (Å²) >= 11 is 5.79. The van der Waals surface area contributed by atoms with Gasteiger partial charge in [-0.3, -0.25) is 0 Å². The number of aromatic nitrogens is 3. The van der Waals surface area contributed by atoms with Crippen molar-refractivity contribution < 1.29 is 22.7 Å². The number of nitrogens with zero attached hydrogens (tertiary/aromatic N) is 3. The van der Waals surface area contributed by atoms with E-state index in [0.717, 1.165) is 11.8 Å². The maximum Gasteiger partial charge on any atom is 0.416 e. The van der Waals surface area contributed by atoms with Crippen molar-refractivity contribution in [1.29, 1.82) is 0 Å². The summed E-state index contributed by atoms with van der Waals surface area (Å²) in [5.74, 6) is 0.688. The van der Waals surface area contributed by atoms with Crippen molar-refractivity contribution >= 4 is 29.0 Å². The van der Waals surface area contributed by atoms with Crippen LogP contribution in [0.3, 0.4) is 0 Å². The second-order valence-corrected chi connectivity index (χ2v) is 7.92. The average Bonchev–Trinajstić information content (AvgIpc) is 3.20. The number of carbonyl (C=O) groups excluding carboxylic acids is 1. The molecule has 2 aromatic carbocycles. The minimum Gasteiger partial charge on any atom is -0.439 e. The lowest BCUT2D eigenvalue weighted by Crippen LogP contribution is -2.20. The zero-order valence-electron chi connectivity index (χ0n) is 18.3. The van der Waals surface area contributed by atoms with Crippen LogP contribution < -0.4 is 15.4 Å². The number of ether oxygens (including phenoxy) is 1. The molecule has 7 nitrogen and oxygen atoms in total. The quantitative estimate of drug-likeness (QED) is 0.287. The van der Waals surface area contributed by atoms with Gasteiger partial charge in [-0.15, -0.1) is 0 Å². The van der Waals surface area contributed by atoms with Crippen LogP contribution in [-0.2, 0) is 12.7 Å². The summed E-state index contributed by atoms with van der Waals surface area (Å²) in [6.07, 6.45) is -1.60. The van der Waals surface area contributed by atoms with Gasteiger partial charge in [0.15, 0.2) is 0 Å². The van der Waals surface area contributed by atoms with Crippen molar-refractivity contribution in [3.05, 3.63) is 95.2 Å². The van der Waals surface area contributed by atoms with Crippen molar-refractivity contribution in [2.75, 3.05) is 10.6 Å². The SMILES string of the molecule is Cc1cccn1Cc1ccc(NC(=O)Nc2ccc(Oc3cc(Cl)ncn3)cc2)cc1C(F)(F)F. The molecule has 0 aliphatic heterocycles. The van der Waals surface area contributed by atoms with E-state index >= 15 is 0 Å². The first-order valence-corrected chi connectivity index (χ1v) is 10.7. The van der Waals surface area contributed by atoms with Gasteiger partial charge in [0.1, 0.15) is 17.2 Å². The number of carbonyl (C=O) groups is 1. The molecule has 0 aliphatic carbocycles. The van der Waals surface area contributed by atoms with Gasteiger partial charge in [-0.05, 0) is 61.0 Å². The van der Waals surface area contributed by atoms with Gasteiger partial charge in [-0.1, -0.05) is 17.7 Å². The number of alkyl halides is 3. The van der Waals surface area contributed by atoms with Crippen LogP contribution in [0.25, 0.3) is 0 Å². The highest BCUT2D eigenvalue weighted by molar-refractivity contribution is 6.29. The molecule has 11 heteroatoms. The van der Waals surface area contributed by atoms with E-state index in [9.17, 15) is 18.0 Å². The molecule has 4 aromatic rings. The predicted molar refractivity (Wildman–Crippen MR) is 126 cm³/mol. The van der Waals surface area contributed by atoms with Gasteiger partial charge in [-0.2, -0.15) is 13.2 Å². The topological polar surface area (TPSA) is 81.1 Å². The van der Waals surface area contributed by atoms with Crippen molar-refractivity contribution in [2.24, 2.45) is 0 Å². The number of amides is 2. The fraction of sp³-hybridized carbons (Fsp3) is 0.125. The van der Waals surface area contributed by atoms with Gasteiger partial charge < -0.3 is 19.9 Å². The number of benzene rings is 2. The van der Waals surface area contributed by atoms with Crippen LogP contribution in [0, 0.1) is 6.92 Å². The molecule has 2 N–H and O–H groups in total. The van der Waals surface area contributed by atoms with Crippen molar-refractivity contribution in [3.63, 3.8) is 0 Å². The Hall–Kier alpha value is -4.05. The zero-order valence-corrected chi connectivity index (χ0v) is 19.1. The molecule has 2 heterocycles. The summed E-state index contributed by atoms with van der Waals surface area (Å²) in [7, 11) is 0. The molecule has 0 bridgehead atoms. The van der Waals surface area contributed by atoms with E-state index in [1.807, 2.05) is 13.0 Å². The maximum absolute atomic E-state index is 13.7. The fourth-order valence-electron chi connectivity index (χ4n) is 3.31. The average molecular weight is 502 g/mol. The first kappa shape index (κ1) is 24.1. The Morgan fingerprint density at radius 2 is 1.74 bits per heavy atom. The van der Waals surface area contributed by atoms with E-state index in [2.05, 4.69) is 20.6 Å². The van der Waals surface area contributed by atoms with Crippen LogP contribution in [0.15, 0.2) is 73.2 Å². The summed E-state index contributed by atoms with van der Waals surface area (Å²) in [5, 5.41) is 5.24. The van der Waals surface area contributed by atoms with E-state index in [4.69, 9.17) is 16.3 Å². The molecule has 180 valence electrons. The van der Waals surface area contributed by atoms with E-state index < -0.39 is 17.8 Å². The highest BCUT2D eigenvalue weighted by Crippen LogP contribution is 2.34. The molecule has 35 heavy (non-hydrogen) atoms. The number of aryl methyl sites for hydroxylation is 1. The van der Waals surface area contributed by atoms with Gasteiger partial charge in [0.2, 0.25) is 5.88 Å². The molecular formula is C24H19ClF3N5O2. The van der Waals surface area contributed by atoms with E-state index in [0.29, 0.717) is 11.4 Å². The normalized spacial score (nSPS) is 11.2. The highest BCUT2D eigenvalue weighted by atomic mass is 35.5. The number of nitrogens with one attached hydrogen (secondary N) is 2. The zero-order chi connectivity index (χ0) is 25.0. The molecule has 0 saturated carbocycles. The lowest BCUT2D eigenvalue weighted by Gasteiger charge is -2.16. The second-order valence-electron chi connectivity index (χ2n) is 7.53. The van der Waals surface area contributed by atoms with E-state index in [-0.39, 0.29) is 28.8 Å². The lowest BCUT2D eigenvalue weighted by molar-refractivity contribution is -0.138. The monoisotopic (exact) mass is 501 g/mol.